The molecule has 0 aliphatic rings. The number of amides is 1. The molecule has 0 fully saturated rings. The number of aromatic amines is 1. The summed E-state index contributed by atoms with van der Waals surface area (Å²) >= 11 is 0. The smallest absolute Gasteiger partial charge is 0.269 e. The number of nitrogens with zero attached hydrogens (tertiary/aromatic N) is 2. The Labute approximate surface area is 129 Å². The van der Waals surface area contributed by atoms with Gasteiger partial charge in [0.15, 0.2) is 0 Å². The molecule has 1 atom stereocenters. The quantitative estimate of drug-likeness (QED) is 0.777. The Morgan fingerprint density at radius 2 is 2.00 bits per heavy atom. The molecule has 2 heterocycles. The number of H-pyrrole nitrogens is 1. The van der Waals surface area contributed by atoms with Crippen LogP contribution in [0.25, 0.3) is 11.4 Å². The van der Waals surface area contributed by atoms with Crippen molar-refractivity contribution in [2.24, 2.45) is 7.05 Å². The minimum Gasteiger partial charge on any atom is -0.349 e. The van der Waals surface area contributed by atoms with Crippen molar-refractivity contribution in [3.8, 4) is 11.4 Å². The van der Waals surface area contributed by atoms with Crippen LogP contribution in [0.3, 0.4) is 0 Å². The molecule has 1 aromatic carbocycles. The summed E-state index contributed by atoms with van der Waals surface area (Å²) in [4.78, 5) is 12.3. The third-order valence-corrected chi connectivity index (χ3v) is 3.68. The number of carbonyl (C=O) groups is 1. The molecule has 5 heteroatoms. The monoisotopic (exact) mass is 294 g/mol. The molecule has 2 N–H and O–H groups in total. The van der Waals surface area contributed by atoms with E-state index in [1.165, 1.54) is 0 Å². The first-order valence-corrected chi connectivity index (χ1v) is 7.18. The summed E-state index contributed by atoms with van der Waals surface area (Å²) in [6, 6.07) is 15.5. The fourth-order valence-electron chi connectivity index (χ4n) is 2.40. The van der Waals surface area contributed by atoms with Crippen molar-refractivity contribution in [3.63, 3.8) is 0 Å². The van der Waals surface area contributed by atoms with Crippen LogP contribution in [-0.4, -0.2) is 20.7 Å². The maximum absolute atomic E-state index is 12.3. The molecule has 0 bridgehead atoms. The fourth-order valence-corrected chi connectivity index (χ4v) is 2.40. The van der Waals surface area contributed by atoms with E-state index in [9.17, 15) is 4.79 Å². The van der Waals surface area contributed by atoms with Crippen LogP contribution in [0, 0.1) is 0 Å². The van der Waals surface area contributed by atoms with E-state index in [-0.39, 0.29) is 11.9 Å². The van der Waals surface area contributed by atoms with Crippen LogP contribution in [0.1, 0.15) is 29.0 Å². The maximum atomic E-state index is 12.3. The molecule has 0 spiro atoms. The highest BCUT2D eigenvalue weighted by atomic mass is 16.2. The topological polar surface area (TPSA) is 62.7 Å². The van der Waals surface area contributed by atoms with E-state index in [1.54, 1.807) is 6.07 Å². The Hall–Kier alpha value is -2.82. The highest BCUT2D eigenvalue weighted by molar-refractivity contribution is 5.93. The molecule has 0 aliphatic heterocycles. The Bertz CT molecular complexity index is 773. The number of carbonyl (C=O) groups excluding carboxylic acids is 1. The molecule has 0 aliphatic carbocycles. The van der Waals surface area contributed by atoms with E-state index in [2.05, 4.69) is 15.5 Å². The number of rotatable bonds is 4. The number of hydrogen-bond donors (Lipinski definition) is 2. The lowest BCUT2D eigenvalue weighted by molar-refractivity contribution is 0.0935. The maximum Gasteiger partial charge on any atom is 0.269 e. The number of hydrogen-bond acceptors (Lipinski definition) is 2. The van der Waals surface area contributed by atoms with Crippen molar-refractivity contribution in [2.75, 3.05) is 0 Å². The zero-order valence-corrected chi connectivity index (χ0v) is 12.6. The first kappa shape index (κ1) is 14.1. The molecular formula is C17H18N4O. The number of benzene rings is 1. The van der Waals surface area contributed by atoms with Gasteiger partial charge in [-0.2, -0.15) is 5.10 Å². The first-order valence-electron chi connectivity index (χ1n) is 7.18. The van der Waals surface area contributed by atoms with Gasteiger partial charge in [-0.3, -0.25) is 9.89 Å². The average Bonchev–Trinajstić information content (AvgIpc) is 3.16. The third-order valence-electron chi connectivity index (χ3n) is 3.68. The van der Waals surface area contributed by atoms with Gasteiger partial charge in [0.1, 0.15) is 11.4 Å². The van der Waals surface area contributed by atoms with Crippen LogP contribution < -0.4 is 5.32 Å². The Morgan fingerprint density at radius 1 is 1.23 bits per heavy atom. The normalized spacial score (nSPS) is 12.1. The minimum atomic E-state index is -0.163. The molecule has 0 radical (unpaired) electrons. The number of nitrogens with one attached hydrogen (secondary N) is 2. The largest absolute Gasteiger partial charge is 0.349 e. The summed E-state index contributed by atoms with van der Waals surface area (Å²) in [7, 11) is 1.95. The second-order valence-electron chi connectivity index (χ2n) is 5.28. The predicted octanol–water partition coefficient (Wildman–Crippen LogP) is 2.91. The van der Waals surface area contributed by atoms with Gasteiger partial charge in [-0.05, 0) is 30.7 Å². The van der Waals surface area contributed by atoms with Crippen molar-refractivity contribution in [1.82, 2.24) is 20.1 Å². The summed E-state index contributed by atoms with van der Waals surface area (Å²) in [5.74, 6) is -0.163. The second kappa shape index (κ2) is 5.89. The summed E-state index contributed by atoms with van der Waals surface area (Å²) in [5, 5.41) is 9.99. The van der Waals surface area contributed by atoms with Gasteiger partial charge in [0.2, 0.25) is 0 Å². The average molecular weight is 294 g/mol. The number of aromatic nitrogens is 3. The molecular weight excluding hydrogens is 276 g/mol. The van der Waals surface area contributed by atoms with Gasteiger partial charge < -0.3 is 9.88 Å². The number of aryl methyl sites for hydroxylation is 1. The highest BCUT2D eigenvalue weighted by Gasteiger charge is 2.15. The lowest BCUT2D eigenvalue weighted by Gasteiger charge is -2.13. The molecule has 2 aromatic heterocycles. The molecule has 3 rings (SSSR count). The molecule has 0 saturated heterocycles. The van der Waals surface area contributed by atoms with Crippen LogP contribution in [0.2, 0.25) is 0 Å². The Balaban J connectivity index is 1.74. The molecule has 0 saturated carbocycles. The summed E-state index contributed by atoms with van der Waals surface area (Å²) in [6.07, 6.45) is 1.95. The molecule has 3 aromatic rings. The predicted molar refractivity (Wildman–Crippen MR) is 85.3 cm³/mol. The van der Waals surface area contributed by atoms with Crippen molar-refractivity contribution in [2.45, 2.75) is 13.0 Å². The molecule has 1 unspecified atom stereocenters. The zero-order chi connectivity index (χ0) is 15.5. The van der Waals surface area contributed by atoms with Crippen LogP contribution in [0.15, 0.2) is 54.7 Å². The van der Waals surface area contributed by atoms with Crippen LogP contribution >= 0.6 is 0 Å². The summed E-state index contributed by atoms with van der Waals surface area (Å²) < 4.78 is 1.96. The molecule has 5 nitrogen and oxygen atoms in total. The SMILES string of the molecule is CC(NC(=O)c1cc(-c2cccn2C)n[nH]1)c1ccccc1. The fraction of sp³-hybridized carbons (Fsp3) is 0.176. The summed E-state index contributed by atoms with van der Waals surface area (Å²) in [6.45, 7) is 1.96. The molecule has 112 valence electrons. The third kappa shape index (κ3) is 2.79. The Kier molecular flexibility index (Phi) is 3.78. The van der Waals surface area contributed by atoms with Crippen molar-refractivity contribution >= 4 is 5.91 Å². The van der Waals surface area contributed by atoms with E-state index in [1.807, 2.05) is 67.2 Å². The van der Waals surface area contributed by atoms with Crippen molar-refractivity contribution in [1.29, 1.82) is 0 Å². The van der Waals surface area contributed by atoms with Gasteiger partial charge in [-0.15, -0.1) is 0 Å². The van der Waals surface area contributed by atoms with E-state index in [4.69, 9.17) is 0 Å². The second-order valence-corrected chi connectivity index (χ2v) is 5.28. The minimum absolute atomic E-state index is 0.0597. The first-order chi connectivity index (χ1) is 10.6. The Morgan fingerprint density at radius 3 is 2.68 bits per heavy atom. The van der Waals surface area contributed by atoms with Crippen molar-refractivity contribution < 1.29 is 4.79 Å². The molecule has 22 heavy (non-hydrogen) atoms. The van der Waals surface area contributed by atoms with Crippen LogP contribution in [0.5, 0.6) is 0 Å². The lowest BCUT2D eigenvalue weighted by atomic mass is 10.1. The highest BCUT2D eigenvalue weighted by Crippen LogP contribution is 2.18. The van der Waals surface area contributed by atoms with Gasteiger partial charge in [0.25, 0.3) is 5.91 Å². The van der Waals surface area contributed by atoms with E-state index in [0.29, 0.717) is 5.69 Å². The lowest BCUT2D eigenvalue weighted by Crippen LogP contribution is -2.26. The van der Waals surface area contributed by atoms with Crippen LogP contribution in [0.4, 0.5) is 0 Å². The van der Waals surface area contributed by atoms with E-state index < -0.39 is 0 Å². The van der Waals surface area contributed by atoms with Gasteiger partial charge >= 0.3 is 0 Å². The van der Waals surface area contributed by atoms with E-state index in [0.717, 1.165) is 17.0 Å². The van der Waals surface area contributed by atoms with Crippen LogP contribution in [-0.2, 0) is 7.05 Å². The standard InChI is InChI=1S/C17H18N4O/c1-12(13-7-4-3-5-8-13)18-17(22)15-11-14(19-20-15)16-9-6-10-21(16)2/h3-12H,1-2H3,(H,18,22)(H,19,20). The summed E-state index contributed by atoms with van der Waals surface area (Å²) in [5.41, 5.74) is 3.24. The van der Waals surface area contributed by atoms with E-state index >= 15 is 0 Å². The van der Waals surface area contributed by atoms with Crippen molar-refractivity contribution in [3.05, 3.63) is 66.0 Å². The molecule has 1 amide bonds. The van der Waals surface area contributed by atoms with Gasteiger partial charge in [-0.1, -0.05) is 30.3 Å². The zero-order valence-electron chi connectivity index (χ0n) is 12.6. The van der Waals surface area contributed by atoms with Gasteiger partial charge in [0.05, 0.1) is 11.7 Å². The van der Waals surface area contributed by atoms with Gasteiger partial charge in [0, 0.05) is 13.2 Å². The van der Waals surface area contributed by atoms with Gasteiger partial charge in [-0.25, -0.2) is 0 Å².